The molecule has 3 rings (SSSR count). The van der Waals surface area contributed by atoms with E-state index in [1.54, 1.807) is 38.1 Å². The van der Waals surface area contributed by atoms with Crippen LogP contribution in [0.25, 0.3) is 0 Å². The Labute approximate surface area is 165 Å². The van der Waals surface area contributed by atoms with Crippen molar-refractivity contribution < 1.29 is 15.0 Å². The van der Waals surface area contributed by atoms with Gasteiger partial charge in [-0.25, -0.2) is 0 Å². The fraction of sp³-hybridized carbons (Fsp3) is 0.190. The normalized spacial score (nSPS) is 10.9. The van der Waals surface area contributed by atoms with Crippen LogP contribution in [0.4, 0.5) is 5.69 Å². The molecule has 5 N–H and O–H groups in total. The standard InChI is InChI=1S/C21H21N3O5/c1-10-8-15(26)18(20(28)22-10)17(19-16(27)9-11(2)23-21(19)29)13-4-6-14(7-5-13)24-12(3)25/h4-9,17H,1-3H3,(H,24,25)(H2,22,26,28)(H2,23,27,29). The van der Waals surface area contributed by atoms with E-state index in [0.717, 1.165) is 0 Å². The summed E-state index contributed by atoms with van der Waals surface area (Å²) in [5, 5.41) is 23.6. The van der Waals surface area contributed by atoms with Gasteiger partial charge in [0.2, 0.25) is 5.91 Å². The van der Waals surface area contributed by atoms with Crippen LogP contribution in [0.1, 0.15) is 40.9 Å². The second kappa shape index (κ2) is 7.67. The molecule has 1 aromatic carbocycles. The molecule has 0 bridgehead atoms. The molecule has 0 aliphatic heterocycles. The summed E-state index contributed by atoms with van der Waals surface area (Å²) in [5.41, 5.74) is 0.657. The van der Waals surface area contributed by atoms with Gasteiger partial charge in [-0.15, -0.1) is 0 Å². The molecule has 3 aromatic rings. The van der Waals surface area contributed by atoms with Crippen LogP contribution in [0.15, 0.2) is 46.0 Å². The quantitative estimate of drug-likeness (QED) is 0.462. The number of aromatic nitrogens is 2. The Kier molecular flexibility index (Phi) is 5.27. The predicted octanol–water partition coefficient (Wildman–Crippen LogP) is 2.23. The first kappa shape index (κ1) is 19.9. The highest BCUT2D eigenvalue weighted by Crippen LogP contribution is 2.37. The summed E-state index contributed by atoms with van der Waals surface area (Å²) in [6, 6.07) is 9.23. The van der Waals surface area contributed by atoms with E-state index in [0.29, 0.717) is 22.6 Å². The van der Waals surface area contributed by atoms with Crippen molar-refractivity contribution in [1.29, 1.82) is 0 Å². The molecule has 0 saturated carbocycles. The Hall–Kier alpha value is -3.81. The van der Waals surface area contributed by atoms with Crippen molar-refractivity contribution in [3.63, 3.8) is 0 Å². The van der Waals surface area contributed by atoms with Crippen LogP contribution >= 0.6 is 0 Å². The molecule has 0 aliphatic carbocycles. The van der Waals surface area contributed by atoms with Gasteiger partial charge in [0, 0.05) is 24.0 Å². The third-order valence-electron chi connectivity index (χ3n) is 4.51. The number of aromatic hydroxyl groups is 2. The molecule has 1 amide bonds. The van der Waals surface area contributed by atoms with Crippen LogP contribution in [0.3, 0.4) is 0 Å². The van der Waals surface area contributed by atoms with Crippen molar-refractivity contribution in [3.8, 4) is 11.5 Å². The van der Waals surface area contributed by atoms with E-state index in [1.165, 1.54) is 19.1 Å². The van der Waals surface area contributed by atoms with Gasteiger partial charge in [0.1, 0.15) is 11.5 Å². The summed E-state index contributed by atoms with van der Waals surface area (Å²) in [7, 11) is 0. The zero-order valence-electron chi connectivity index (χ0n) is 16.2. The molecule has 29 heavy (non-hydrogen) atoms. The minimum Gasteiger partial charge on any atom is -0.507 e. The van der Waals surface area contributed by atoms with Gasteiger partial charge in [0.05, 0.1) is 17.0 Å². The number of rotatable bonds is 4. The number of hydrogen-bond donors (Lipinski definition) is 5. The van der Waals surface area contributed by atoms with Crippen LogP contribution < -0.4 is 16.4 Å². The molecule has 0 unspecified atom stereocenters. The maximum absolute atomic E-state index is 12.7. The molecule has 8 nitrogen and oxygen atoms in total. The maximum atomic E-state index is 12.7. The number of aromatic amines is 2. The molecule has 8 heteroatoms. The fourth-order valence-corrected chi connectivity index (χ4v) is 3.36. The zero-order chi connectivity index (χ0) is 21.3. The topological polar surface area (TPSA) is 135 Å². The average molecular weight is 395 g/mol. The molecular weight excluding hydrogens is 374 g/mol. The van der Waals surface area contributed by atoms with Crippen LogP contribution in [0, 0.1) is 13.8 Å². The summed E-state index contributed by atoms with van der Waals surface area (Å²) >= 11 is 0. The van der Waals surface area contributed by atoms with Crippen molar-refractivity contribution in [2.75, 3.05) is 5.32 Å². The van der Waals surface area contributed by atoms with E-state index < -0.39 is 17.0 Å². The molecule has 0 atom stereocenters. The van der Waals surface area contributed by atoms with Crippen molar-refractivity contribution in [1.82, 2.24) is 9.97 Å². The second-order valence-corrected chi connectivity index (χ2v) is 6.90. The van der Waals surface area contributed by atoms with E-state index >= 15 is 0 Å². The van der Waals surface area contributed by atoms with Gasteiger partial charge in [-0.05, 0) is 43.7 Å². The Morgan fingerprint density at radius 2 is 1.34 bits per heavy atom. The van der Waals surface area contributed by atoms with E-state index in [2.05, 4.69) is 15.3 Å². The lowest BCUT2D eigenvalue weighted by Gasteiger charge is -2.20. The van der Waals surface area contributed by atoms with Gasteiger partial charge in [0.15, 0.2) is 0 Å². The van der Waals surface area contributed by atoms with Crippen molar-refractivity contribution in [2.45, 2.75) is 26.7 Å². The van der Waals surface area contributed by atoms with Crippen molar-refractivity contribution in [2.24, 2.45) is 0 Å². The lowest BCUT2D eigenvalue weighted by molar-refractivity contribution is -0.114. The first-order valence-electron chi connectivity index (χ1n) is 8.90. The van der Waals surface area contributed by atoms with Gasteiger partial charge in [-0.2, -0.15) is 0 Å². The van der Waals surface area contributed by atoms with Gasteiger partial charge in [0.25, 0.3) is 11.1 Å². The highest BCUT2D eigenvalue weighted by Gasteiger charge is 2.29. The Bertz CT molecular complexity index is 1130. The SMILES string of the molecule is CC(=O)Nc1ccc(C(c2c(O)cc(C)[nH]c2=O)c2c(O)cc(C)[nH]c2=O)cc1. The largest absolute Gasteiger partial charge is 0.507 e. The molecular formula is C21H21N3O5. The summed E-state index contributed by atoms with van der Waals surface area (Å²) in [4.78, 5) is 41.9. The van der Waals surface area contributed by atoms with Crippen molar-refractivity contribution in [3.05, 3.63) is 85.2 Å². The lowest BCUT2D eigenvalue weighted by Crippen LogP contribution is -2.25. The Balaban J connectivity index is 2.28. The van der Waals surface area contributed by atoms with Crippen LogP contribution in [0.5, 0.6) is 11.5 Å². The Morgan fingerprint density at radius 3 is 1.72 bits per heavy atom. The number of amides is 1. The molecule has 0 spiro atoms. The van der Waals surface area contributed by atoms with Crippen LogP contribution in [-0.4, -0.2) is 26.1 Å². The predicted molar refractivity (Wildman–Crippen MR) is 109 cm³/mol. The first-order valence-corrected chi connectivity index (χ1v) is 8.90. The number of pyridine rings is 2. The molecule has 150 valence electrons. The number of hydrogen-bond acceptors (Lipinski definition) is 5. The van der Waals surface area contributed by atoms with E-state index in [1.807, 2.05) is 0 Å². The number of aryl methyl sites for hydroxylation is 2. The summed E-state index contributed by atoms with van der Waals surface area (Å²) in [5.74, 6) is -1.85. The summed E-state index contributed by atoms with van der Waals surface area (Å²) in [6.45, 7) is 4.63. The van der Waals surface area contributed by atoms with Gasteiger partial charge in [-0.3, -0.25) is 14.4 Å². The molecule has 2 heterocycles. The first-order chi connectivity index (χ1) is 13.7. The maximum Gasteiger partial charge on any atom is 0.256 e. The van der Waals surface area contributed by atoms with Gasteiger partial charge in [-0.1, -0.05) is 12.1 Å². The monoisotopic (exact) mass is 395 g/mol. The summed E-state index contributed by atoms with van der Waals surface area (Å²) < 4.78 is 0. The number of H-pyrrole nitrogens is 2. The molecule has 2 aromatic heterocycles. The van der Waals surface area contributed by atoms with Gasteiger partial charge >= 0.3 is 0 Å². The number of carbonyl (C=O) groups excluding carboxylic acids is 1. The number of carbonyl (C=O) groups is 1. The molecule has 0 fully saturated rings. The molecule has 0 aliphatic rings. The zero-order valence-corrected chi connectivity index (χ0v) is 16.2. The highest BCUT2D eigenvalue weighted by atomic mass is 16.3. The third-order valence-corrected chi connectivity index (χ3v) is 4.51. The van der Waals surface area contributed by atoms with Crippen LogP contribution in [-0.2, 0) is 4.79 Å². The third kappa shape index (κ3) is 4.06. The summed E-state index contributed by atoms with van der Waals surface area (Å²) in [6.07, 6.45) is 0. The lowest BCUT2D eigenvalue weighted by atomic mass is 9.85. The van der Waals surface area contributed by atoms with E-state index in [9.17, 15) is 24.6 Å². The van der Waals surface area contributed by atoms with Gasteiger partial charge < -0.3 is 25.5 Å². The van der Waals surface area contributed by atoms with Crippen LogP contribution in [0.2, 0.25) is 0 Å². The smallest absolute Gasteiger partial charge is 0.256 e. The van der Waals surface area contributed by atoms with E-state index in [4.69, 9.17) is 0 Å². The Morgan fingerprint density at radius 1 is 0.897 bits per heavy atom. The highest BCUT2D eigenvalue weighted by molar-refractivity contribution is 5.88. The molecule has 0 radical (unpaired) electrons. The fourth-order valence-electron chi connectivity index (χ4n) is 3.36. The average Bonchev–Trinajstić information content (AvgIpc) is 2.59. The van der Waals surface area contributed by atoms with E-state index in [-0.39, 0.29) is 28.5 Å². The molecule has 0 saturated heterocycles. The minimum absolute atomic E-state index is 0.0625. The number of anilines is 1. The number of nitrogens with one attached hydrogen (secondary N) is 3. The number of benzene rings is 1. The second-order valence-electron chi connectivity index (χ2n) is 6.90. The minimum atomic E-state index is -1.03. The van der Waals surface area contributed by atoms with Crippen molar-refractivity contribution >= 4 is 11.6 Å².